The van der Waals surface area contributed by atoms with Crippen LogP contribution in [-0.4, -0.2) is 15.0 Å². The molecule has 0 radical (unpaired) electrons. The first-order valence-electron chi connectivity index (χ1n) is 6.31. The third-order valence-electron chi connectivity index (χ3n) is 3.58. The van der Waals surface area contributed by atoms with Crippen molar-refractivity contribution in [3.63, 3.8) is 0 Å². The average Bonchev–Trinajstić information content (AvgIpc) is 2.72. The summed E-state index contributed by atoms with van der Waals surface area (Å²) in [6.07, 6.45) is 0.950. The zero-order valence-electron chi connectivity index (χ0n) is 10.9. The van der Waals surface area contributed by atoms with Gasteiger partial charge in [0.15, 0.2) is 0 Å². The van der Waals surface area contributed by atoms with Gasteiger partial charge in [0, 0.05) is 12.5 Å². The van der Waals surface area contributed by atoms with Gasteiger partial charge in [-0.3, -0.25) is 0 Å². The molecule has 0 aliphatic heterocycles. The van der Waals surface area contributed by atoms with Crippen molar-refractivity contribution in [3.05, 3.63) is 50.8 Å². The van der Waals surface area contributed by atoms with Gasteiger partial charge in [0.25, 0.3) is 0 Å². The Hall–Kier alpha value is -0.690. The molecule has 0 amide bonds. The number of rotatable bonds is 4. The van der Waals surface area contributed by atoms with Gasteiger partial charge < -0.3 is 0 Å². The van der Waals surface area contributed by atoms with E-state index >= 15 is 0 Å². The summed E-state index contributed by atoms with van der Waals surface area (Å²) in [7, 11) is -3.40. The summed E-state index contributed by atoms with van der Waals surface area (Å²) in [5.74, 6) is 0.297. The van der Waals surface area contributed by atoms with Gasteiger partial charge in [-0.2, -0.15) is 0 Å². The lowest BCUT2D eigenvalue weighted by Crippen LogP contribution is -2.32. The lowest BCUT2D eigenvalue weighted by atomic mass is 9.78. The van der Waals surface area contributed by atoms with E-state index in [1.807, 2.05) is 19.1 Å². The van der Waals surface area contributed by atoms with Crippen molar-refractivity contribution < 1.29 is 8.42 Å². The Morgan fingerprint density at radius 2 is 2.15 bits per heavy atom. The van der Waals surface area contributed by atoms with Crippen LogP contribution >= 0.6 is 27.3 Å². The molecule has 1 unspecified atom stereocenters. The highest BCUT2D eigenvalue weighted by Gasteiger charge is 2.27. The Morgan fingerprint density at radius 3 is 2.80 bits per heavy atom. The number of nitrogens with one attached hydrogen (secondary N) is 1. The number of hydrogen-bond acceptors (Lipinski definition) is 3. The van der Waals surface area contributed by atoms with Crippen molar-refractivity contribution in [2.75, 3.05) is 6.54 Å². The molecule has 0 saturated heterocycles. The van der Waals surface area contributed by atoms with E-state index in [0.717, 1.165) is 15.8 Å². The fourth-order valence-electron chi connectivity index (χ4n) is 2.39. The third-order valence-corrected chi connectivity index (χ3v) is 7.61. The molecule has 1 aromatic carbocycles. The topological polar surface area (TPSA) is 46.2 Å². The first-order valence-corrected chi connectivity index (χ1v) is 9.40. The third kappa shape index (κ3) is 2.57. The number of thiophene rings is 1. The summed E-state index contributed by atoms with van der Waals surface area (Å²) in [5, 5.41) is 0. The molecular formula is C14H14BrNO2S2. The number of sulfonamides is 1. The van der Waals surface area contributed by atoms with Crippen LogP contribution in [0.5, 0.6) is 0 Å². The number of aryl methyl sites for hydroxylation is 1. The second kappa shape index (κ2) is 5.26. The van der Waals surface area contributed by atoms with Gasteiger partial charge in [-0.05, 0) is 52.0 Å². The van der Waals surface area contributed by atoms with Crippen molar-refractivity contribution in [1.29, 1.82) is 0 Å². The highest BCUT2D eigenvalue weighted by Crippen LogP contribution is 2.35. The maximum atomic E-state index is 12.2. The molecule has 0 spiro atoms. The Labute approximate surface area is 131 Å². The maximum absolute atomic E-state index is 12.2. The molecule has 0 bridgehead atoms. The smallest absolute Gasteiger partial charge is 0.210 e. The number of hydrogen-bond donors (Lipinski definition) is 1. The summed E-state index contributed by atoms with van der Waals surface area (Å²) in [4.78, 5) is 0. The monoisotopic (exact) mass is 371 g/mol. The van der Waals surface area contributed by atoms with E-state index in [9.17, 15) is 8.42 Å². The molecule has 3 nitrogen and oxygen atoms in total. The number of halogens is 1. The fourth-order valence-corrected chi connectivity index (χ4v) is 5.74. The van der Waals surface area contributed by atoms with Crippen LogP contribution in [0.15, 0.2) is 38.3 Å². The maximum Gasteiger partial charge on any atom is 0.250 e. The second-order valence-corrected chi connectivity index (χ2v) is 9.34. The van der Waals surface area contributed by atoms with E-state index in [1.165, 1.54) is 22.5 Å². The molecule has 20 heavy (non-hydrogen) atoms. The Morgan fingerprint density at radius 1 is 1.40 bits per heavy atom. The lowest BCUT2D eigenvalue weighted by Gasteiger charge is -2.29. The normalized spacial score (nSPS) is 17.6. The zero-order valence-corrected chi connectivity index (χ0v) is 14.1. The minimum atomic E-state index is -3.40. The zero-order chi connectivity index (χ0) is 14.3. The van der Waals surface area contributed by atoms with Crippen LogP contribution in [0, 0.1) is 6.92 Å². The minimum Gasteiger partial charge on any atom is -0.210 e. The van der Waals surface area contributed by atoms with Crippen molar-refractivity contribution in [1.82, 2.24) is 4.72 Å². The van der Waals surface area contributed by atoms with Crippen LogP contribution in [0.4, 0.5) is 0 Å². The lowest BCUT2D eigenvalue weighted by molar-refractivity contribution is 0.553. The van der Waals surface area contributed by atoms with E-state index in [4.69, 9.17) is 0 Å². The Kier molecular flexibility index (Phi) is 3.75. The van der Waals surface area contributed by atoms with E-state index in [1.54, 1.807) is 6.07 Å². The fraction of sp³-hybridized carbons (Fsp3) is 0.286. The highest BCUT2D eigenvalue weighted by atomic mass is 79.9. The predicted octanol–water partition coefficient (Wildman–Crippen LogP) is 3.44. The van der Waals surface area contributed by atoms with Crippen molar-refractivity contribution in [2.45, 2.75) is 23.5 Å². The van der Waals surface area contributed by atoms with Crippen molar-refractivity contribution >= 4 is 37.3 Å². The minimum absolute atomic E-state index is 0.297. The van der Waals surface area contributed by atoms with E-state index in [0.29, 0.717) is 16.7 Å². The van der Waals surface area contributed by atoms with Gasteiger partial charge in [-0.25, -0.2) is 13.1 Å². The average molecular weight is 372 g/mol. The summed E-state index contributed by atoms with van der Waals surface area (Å²) in [6.45, 7) is 2.36. The molecule has 1 aromatic heterocycles. The molecule has 1 aliphatic rings. The highest BCUT2D eigenvalue weighted by molar-refractivity contribution is 9.11. The molecule has 1 N–H and O–H groups in total. The molecule has 0 saturated carbocycles. The first kappa shape index (κ1) is 14.3. The van der Waals surface area contributed by atoms with Gasteiger partial charge >= 0.3 is 0 Å². The van der Waals surface area contributed by atoms with Crippen LogP contribution in [0.1, 0.15) is 22.6 Å². The quantitative estimate of drug-likeness (QED) is 0.894. The standard InChI is InChI=1S/C14H14BrNO2S2/c1-9-6-13(19-14(9)15)20(17,18)16-8-11-7-10-4-2-3-5-12(10)11/h2-6,11,16H,7-8H2,1H3. The van der Waals surface area contributed by atoms with Crippen LogP contribution in [-0.2, 0) is 16.4 Å². The molecule has 6 heteroatoms. The summed E-state index contributed by atoms with van der Waals surface area (Å²) < 4.78 is 28.4. The van der Waals surface area contributed by atoms with Gasteiger partial charge in [0.2, 0.25) is 10.0 Å². The molecule has 2 aromatic rings. The van der Waals surface area contributed by atoms with E-state index < -0.39 is 10.0 Å². The van der Waals surface area contributed by atoms with Crippen LogP contribution in [0.2, 0.25) is 0 Å². The first-order chi connectivity index (χ1) is 9.47. The molecule has 1 atom stereocenters. The largest absolute Gasteiger partial charge is 0.250 e. The molecule has 1 heterocycles. The van der Waals surface area contributed by atoms with E-state index in [-0.39, 0.29) is 0 Å². The van der Waals surface area contributed by atoms with Crippen molar-refractivity contribution in [2.24, 2.45) is 0 Å². The number of benzene rings is 1. The molecule has 0 fully saturated rings. The summed E-state index contributed by atoms with van der Waals surface area (Å²) >= 11 is 4.61. The molecule has 1 aliphatic carbocycles. The van der Waals surface area contributed by atoms with E-state index in [2.05, 4.69) is 32.8 Å². The predicted molar refractivity (Wildman–Crippen MR) is 84.8 cm³/mol. The Balaban J connectivity index is 1.70. The van der Waals surface area contributed by atoms with Crippen LogP contribution < -0.4 is 4.72 Å². The summed E-state index contributed by atoms with van der Waals surface area (Å²) in [5.41, 5.74) is 3.54. The summed E-state index contributed by atoms with van der Waals surface area (Å²) in [6, 6.07) is 9.89. The van der Waals surface area contributed by atoms with Gasteiger partial charge in [0.05, 0.1) is 3.79 Å². The van der Waals surface area contributed by atoms with Crippen LogP contribution in [0.3, 0.4) is 0 Å². The second-order valence-electron chi connectivity index (χ2n) is 4.97. The van der Waals surface area contributed by atoms with Crippen LogP contribution in [0.25, 0.3) is 0 Å². The number of fused-ring (bicyclic) bond motifs is 1. The van der Waals surface area contributed by atoms with Crippen molar-refractivity contribution in [3.8, 4) is 0 Å². The van der Waals surface area contributed by atoms with Gasteiger partial charge in [-0.1, -0.05) is 24.3 Å². The molecular weight excluding hydrogens is 358 g/mol. The molecule has 106 valence electrons. The van der Waals surface area contributed by atoms with Gasteiger partial charge in [-0.15, -0.1) is 11.3 Å². The molecule has 3 rings (SSSR count). The Bertz CT molecular complexity index is 733. The SMILES string of the molecule is Cc1cc(S(=O)(=O)NCC2Cc3ccccc32)sc1Br. The van der Waals surface area contributed by atoms with Gasteiger partial charge in [0.1, 0.15) is 4.21 Å².